The zero-order valence-corrected chi connectivity index (χ0v) is 5.89. The van der Waals surface area contributed by atoms with Gasteiger partial charge in [0, 0.05) is 5.92 Å². The largest absolute Gasteiger partial charge is 0.466 e. The predicted octanol–water partition coefficient (Wildman–Crippen LogP) is 0.772. The number of hydrogen-bond acceptors (Lipinski definition) is 2. The van der Waals surface area contributed by atoms with Gasteiger partial charge >= 0.3 is 5.97 Å². The molecule has 0 aliphatic heterocycles. The van der Waals surface area contributed by atoms with E-state index in [0.29, 0.717) is 12.9 Å². The van der Waals surface area contributed by atoms with E-state index in [1.165, 1.54) is 0 Å². The maximum atomic E-state index is 10.7. The zero-order chi connectivity index (χ0) is 7.28. The standard InChI is InChI=1S/C6H11BO2/c1-3-9-6(8)5(2)4-7/h5H,3-4H2,1-2H3. The third kappa shape index (κ3) is 3.17. The molecule has 0 aromatic rings. The first kappa shape index (κ1) is 8.53. The van der Waals surface area contributed by atoms with Crippen molar-refractivity contribution < 1.29 is 9.53 Å². The van der Waals surface area contributed by atoms with Crippen LogP contribution >= 0.6 is 0 Å². The second-order valence-electron chi connectivity index (χ2n) is 1.89. The molecule has 1 unspecified atom stereocenters. The minimum absolute atomic E-state index is 0.162. The number of esters is 1. The van der Waals surface area contributed by atoms with Gasteiger partial charge < -0.3 is 4.74 Å². The maximum Gasteiger partial charge on any atom is 0.307 e. The fourth-order valence-corrected chi connectivity index (χ4v) is 0.381. The molecule has 0 fully saturated rings. The van der Waals surface area contributed by atoms with Gasteiger partial charge in [-0.2, -0.15) is 0 Å². The maximum absolute atomic E-state index is 10.7. The lowest BCUT2D eigenvalue weighted by Crippen LogP contribution is -2.13. The molecule has 0 aromatic heterocycles. The highest BCUT2D eigenvalue weighted by Gasteiger charge is 2.09. The zero-order valence-electron chi connectivity index (χ0n) is 5.89. The molecule has 9 heavy (non-hydrogen) atoms. The van der Waals surface area contributed by atoms with E-state index in [1.807, 2.05) is 0 Å². The average Bonchev–Trinajstić information content (AvgIpc) is 1.87. The molecule has 0 aliphatic rings. The molecular formula is C6H11BO2. The highest BCUT2D eigenvalue weighted by molar-refractivity contribution is 6.10. The third-order valence-corrected chi connectivity index (χ3v) is 1.04. The minimum Gasteiger partial charge on any atom is -0.466 e. The topological polar surface area (TPSA) is 26.3 Å². The van der Waals surface area contributed by atoms with Crippen LogP contribution in [0, 0.1) is 5.92 Å². The summed E-state index contributed by atoms with van der Waals surface area (Å²) < 4.78 is 4.68. The lowest BCUT2D eigenvalue weighted by molar-refractivity contribution is -0.146. The van der Waals surface area contributed by atoms with Crippen LogP contribution in [0.3, 0.4) is 0 Å². The fourth-order valence-electron chi connectivity index (χ4n) is 0.381. The van der Waals surface area contributed by atoms with E-state index < -0.39 is 0 Å². The van der Waals surface area contributed by atoms with Gasteiger partial charge in [-0.25, -0.2) is 0 Å². The second kappa shape index (κ2) is 4.42. The first-order valence-corrected chi connectivity index (χ1v) is 3.09. The molecule has 2 radical (unpaired) electrons. The van der Waals surface area contributed by atoms with Crippen LogP contribution in [0.15, 0.2) is 0 Å². The highest BCUT2D eigenvalue weighted by Crippen LogP contribution is 2.01. The molecule has 0 N–H and O–H groups in total. The van der Waals surface area contributed by atoms with Crippen molar-refractivity contribution in [1.29, 1.82) is 0 Å². The van der Waals surface area contributed by atoms with Gasteiger partial charge in [0.05, 0.1) is 14.5 Å². The molecule has 50 valence electrons. The molecule has 3 heteroatoms. The van der Waals surface area contributed by atoms with Crippen molar-refractivity contribution in [3.8, 4) is 0 Å². The molecule has 2 nitrogen and oxygen atoms in total. The Hall–Kier alpha value is -0.465. The normalized spacial score (nSPS) is 12.7. The van der Waals surface area contributed by atoms with E-state index in [0.717, 1.165) is 0 Å². The van der Waals surface area contributed by atoms with Gasteiger partial charge in [-0.1, -0.05) is 13.2 Å². The monoisotopic (exact) mass is 126 g/mol. The lowest BCUT2D eigenvalue weighted by Gasteiger charge is -2.05. The smallest absolute Gasteiger partial charge is 0.307 e. The molecule has 0 aliphatic carbocycles. The first-order chi connectivity index (χ1) is 4.22. The van der Waals surface area contributed by atoms with E-state index in [2.05, 4.69) is 4.74 Å². The van der Waals surface area contributed by atoms with Crippen LogP contribution in [0.2, 0.25) is 6.32 Å². The van der Waals surface area contributed by atoms with Gasteiger partial charge in [-0.3, -0.25) is 4.79 Å². The SMILES string of the molecule is [B]CC(C)C(=O)OCC. The molecule has 0 bridgehead atoms. The quantitative estimate of drug-likeness (QED) is 0.412. The molecule has 0 saturated heterocycles. The van der Waals surface area contributed by atoms with Gasteiger partial charge in [0.1, 0.15) is 0 Å². The summed E-state index contributed by atoms with van der Waals surface area (Å²) in [6.07, 6.45) is 0.360. The van der Waals surface area contributed by atoms with E-state index in [4.69, 9.17) is 7.85 Å². The second-order valence-corrected chi connectivity index (χ2v) is 1.89. The van der Waals surface area contributed by atoms with Crippen LogP contribution in [0.4, 0.5) is 0 Å². The van der Waals surface area contributed by atoms with Crippen molar-refractivity contribution in [2.45, 2.75) is 20.2 Å². The molecule has 0 amide bonds. The van der Waals surface area contributed by atoms with Crippen molar-refractivity contribution in [2.24, 2.45) is 5.92 Å². The van der Waals surface area contributed by atoms with Crippen LogP contribution in [-0.2, 0) is 9.53 Å². The molecule has 0 spiro atoms. The van der Waals surface area contributed by atoms with Gasteiger partial charge in [-0.05, 0) is 6.92 Å². The van der Waals surface area contributed by atoms with Gasteiger partial charge in [0.25, 0.3) is 0 Å². The van der Waals surface area contributed by atoms with Gasteiger partial charge in [-0.15, -0.1) is 0 Å². The lowest BCUT2D eigenvalue weighted by atomic mass is 9.93. The summed E-state index contributed by atoms with van der Waals surface area (Å²) in [6, 6.07) is 0. The first-order valence-electron chi connectivity index (χ1n) is 3.09. The Kier molecular flexibility index (Phi) is 4.19. The number of ether oxygens (including phenoxy) is 1. The average molecular weight is 126 g/mol. The summed E-state index contributed by atoms with van der Waals surface area (Å²) >= 11 is 0. The van der Waals surface area contributed by atoms with Crippen LogP contribution in [0.1, 0.15) is 13.8 Å². The number of rotatable bonds is 3. The molecule has 0 rings (SSSR count). The van der Waals surface area contributed by atoms with Crippen molar-refractivity contribution in [3.63, 3.8) is 0 Å². The van der Waals surface area contributed by atoms with E-state index >= 15 is 0 Å². The van der Waals surface area contributed by atoms with E-state index in [1.54, 1.807) is 13.8 Å². The Labute approximate surface area is 57.0 Å². The van der Waals surface area contributed by atoms with Crippen molar-refractivity contribution in [3.05, 3.63) is 0 Å². The molecule has 1 atom stereocenters. The Morgan fingerprint density at radius 3 is 2.67 bits per heavy atom. The summed E-state index contributed by atoms with van der Waals surface area (Å²) in [7, 11) is 5.20. The molecular weight excluding hydrogens is 115 g/mol. The van der Waals surface area contributed by atoms with Crippen molar-refractivity contribution >= 4 is 13.8 Å². The summed E-state index contributed by atoms with van der Waals surface area (Å²) in [6.45, 7) is 3.96. The van der Waals surface area contributed by atoms with E-state index in [9.17, 15) is 4.79 Å². The van der Waals surface area contributed by atoms with Gasteiger partial charge in [0.15, 0.2) is 0 Å². The van der Waals surface area contributed by atoms with E-state index in [-0.39, 0.29) is 11.9 Å². The van der Waals surface area contributed by atoms with Crippen LogP contribution in [-0.4, -0.2) is 20.4 Å². The molecule has 0 heterocycles. The number of carbonyl (C=O) groups is 1. The molecule has 0 saturated carbocycles. The summed E-state index contributed by atoms with van der Waals surface area (Å²) in [5.74, 6) is -0.370. The van der Waals surface area contributed by atoms with Crippen molar-refractivity contribution in [2.75, 3.05) is 6.61 Å². The number of hydrogen-bond donors (Lipinski definition) is 0. The third-order valence-electron chi connectivity index (χ3n) is 1.04. The van der Waals surface area contributed by atoms with Gasteiger partial charge in [0.2, 0.25) is 0 Å². The summed E-state index contributed by atoms with van der Waals surface area (Å²) in [5, 5.41) is 0. The Balaban J connectivity index is 3.46. The fraction of sp³-hybridized carbons (Fsp3) is 0.833. The van der Waals surface area contributed by atoms with Crippen LogP contribution < -0.4 is 0 Å². The van der Waals surface area contributed by atoms with Crippen LogP contribution in [0.25, 0.3) is 0 Å². The number of carbonyl (C=O) groups excluding carboxylic acids is 1. The highest BCUT2D eigenvalue weighted by atomic mass is 16.5. The minimum atomic E-state index is -0.208. The predicted molar refractivity (Wildman–Crippen MR) is 36.4 cm³/mol. The Bertz CT molecular complexity index is 93.1. The Morgan fingerprint density at radius 1 is 1.78 bits per heavy atom. The van der Waals surface area contributed by atoms with Crippen LogP contribution in [0.5, 0.6) is 0 Å². The van der Waals surface area contributed by atoms with Crippen molar-refractivity contribution in [1.82, 2.24) is 0 Å². The summed E-state index contributed by atoms with van der Waals surface area (Å²) in [5.41, 5.74) is 0. The molecule has 0 aromatic carbocycles. The summed E-state index contributed by atoms with van der Waals surface area (Å²) in [4.78, 5) is 10.7. The Morgan fingerprint density at radius 2 is 2.33 bits per heavy atom.